The molecule has 0 atom stereocenters. The molecule has 8 nitrogen and oxygen atoms in total. The molecule has 3 amide bonds. The lowest BCUT2D eigenvalue weighted by Crippen LogP contribution is -2.51. The maximum absolute atomic E-state index is 12.8. The summed E-state index contributed by atoms with van der Waals surface area (Å²) < 4.78 is 1.83. The van der Waals surface area contributed by atoms with Crippen molar-refractivity contribution in [2.45, 2.75) is 6.04 Å². The highest BCUT2D eigenvalue weighted by molar-refractivity contribution is 6.05. The number of likely N-dealkylation sites (tertiary alicyclic amines) is 1. The number of hydrogen-bond donors (Lipinski definition) is 1. The Morgan fingerprint density at radius 2 is 2.04 bits per heavy atom. The highest BCUT2D eigenvalue weighted by Gasteiger charge is 2.34. The van der Waals surface area contributed by atoms with Gasteiger partial charge in [0.15, 0.2) is 0 Å². The number of benzene rings is 1. The monoisotopic (exact) mass is 362 g/mol. The second-order valence-electron chi connectivity index (χ2n) is 6.81. The van der Waals surface area contributed by atoms with Gasteiger partial charge in [-0.25, -0.2) is 4.79 Å². The van der Waals surface area contributed by atoms with Crippen LogP contribution in [0.2, 0.25) is 0 Å². The van der Waals surface area contributed by atoms with E-state index < -0.39 is 0 Å². The summed E-state index contributed by atoms with van der Waals surface area (Å²) >= 11 is 0. The third-order valence-electron chi connectivity index (χ3n) is 5.16. The van der Waals surface area contributed by atoms with Crippen molar-refractivity contribution in [2.75, 3.05) is 31.1 Å². The minimum Gasteiger partial charge on any atom is -0.336 e. The minimum atomic E-state index is -0.0954. The van der Waals surface area contributed by atoms with Gasteiger partial charge in [0.2, 0.25) is 0 Å². The van der Waals surface area contributed by atoms with Gasteiger partial charge in [0.1, 0.15) is 5.69 Å². The highest BCUT2D eigenvalue weighted by atomic mass is 16.2. The molecule has 27 heavy (non-hydrogen) atoms. The topological polar surface area (TPSA) is 83.4 Å². The number of amides is 3. The fourth-order valence-electron chi connectivity index (χ4n) is 3.61. The first kappa shape index (κ1) is 15.8. The van der Waals surface area contributed by atoms with Crippen molar-refractivity contribution >= 4 is 28.4 Å². The van der Waals surface area contributed by atoms with Crippen LogP contribution in [0.4, 0.5) is 10.5 Å². The van der Waals surface area contributed by atoms with E-state index in [2.05, 4.69) is 15.4 Å². The molecule has 2 aliphatic rings. The number of urea groups is 1. The van der Waals surface area contributed by atoms with Gasteiger partial charge < -0.3 is 10.2 Å². The Hall–Kier alpha value is -3.42. The van der Waals surface area contributed by atoms with Crippen LogP contribution in [-0.4, -0.2) is 57.8 Å². The first-order chi connectivity index (χ1) is 13.2. The second kappa shape index (κ2) is 6.08. The number of nitrogens with zero attached hydrogens (tertiary/aromatic N) is 5. The summed E-state index contributed by atoms with van der Waals surface area (Å²) in [7, 11) is 0. The summed E-state index contributed by atoms with van der Waals surface area (Å²) in [5, 5.41) is 9.03. The predicted molar refractivity (Wildman–Crippen MR) is 99.7 cm³/mol. The Kier molecular flexibility index (Phi) is 3.56. The summed E-state index contributed by atoms with van der Waals surface area (Å²) in [6, 6.07) is 9.70. The van der Waals surface area contributed by atoms with Gasteiger partial charge in [0.25, 0.3) is 5.91 Å². The molecule has 0 unspecified atom stereocenters. The van der Waals surface area contributed by atoms with Crippen LogP contribution in [-0.2, 0) is 0 Å². The maximum atomic E-state index is 12.8. The fraction of sp³-hybridized carbons (Fsp3) is 0.263. The number of anilines is 1. The molecule has 0 radical (unpaired) electrons. The van der Waals surface area contributed by atoms with Crippen molar-refractivity contribution in [3.05, 3.63) is 54.6 Å². The molecule has 136 valence electrons. The lowest BCUT2D eigenvalue weighted by Gasteiger charge is -2.39. The summed E-state index contributed by atoms with van der Waals surface area (Å²) in [5.74, 6) is -0.0608. The fourth-order valence-corrected chi connectivity index (χ4v) is 3.61. The zero-order chi connectivity index (χ0) is 18.4. The van der Waals surface area contributed by atoms with Crippen molar-refractivity contribution in [2.24, 2.45) is 0 Å². The molecule has 2 saturated heterocycles. The normalized spacial score (nSPS) is 17.3. The number of aromatic nitrogens is 3. The Balaban J connectivity index is 1.30. The lowest BCUT2D eigenvalue weighted by molar-refractivity contribution is 0.0498. The molecule has 3 aromatic rings. The van der Waals surface area contributed by atoms with Gasteiger partial charge in [-0.3, -0.25) is 19.4 Å². The Morgan fingerprint density at radius 3 is 2.85 bits per heavy atom. The minimum absolute atomic E-state index is 0.0608. The Bertz CT molecular complexity index is 1030. The average molecular weight is 362 g/mol. The number of fused-ring (bicyclic) bond motifs is 1. The van der Waals surface area contributed by atoms with Crippen LogP contribution in [0.1, 0.15) is 16.5 Å². The number of hydrogen-bond acceptors (Lipinski definition) is 4. The molecule has 0 spiro atoms. The number of nitrogens with one attached hydrogen (secondary N) is 1. The third-order valence-corrected chi connectivity index (χ3v) is 5.16. The van der Waals surface area contributed by atoms with Gasteiger partial charge in [0.05, 0.1) is 17.9 Å². The van der Waals surface area contributed by atoms with E-state index >= 15 is 0 Å². The van der Waals surface area contributed by atoms with Crippen LogP contribution >= 0.6 is 0 Å². The summed E-state index contributed by atoms with van der Waals surface area (Å²) in [6.07, 6.45) is 5.24. The maximum Gasteiger partial charge on any atom is 0.322 e. The Morgan fingerprint density at radius 1 is 1.19 bits per heavy atom. The number of carbonyl (C=O) groups excluding carboxylic acids is 2. The van der Waals surface area contributed by atoms with E-state index in [1.165, 1.54) is 0 Å². The van der Waals surface area contributed by atoms with Gasteiger partial charge in [-0.1, -0.05) is 24.3 Å². The van der Waals surface area contributed by atoms with Crippen molar-refractivity contribution in [3.8, 4) is 0 Å². The van der Waals surface area contributed by atoms with Crippen LogP contribution in [0.5, 0.6) is 0 Å². The number of rotatable bonds is 3. The molecule has 2 aliphatic heterocycles. The van der Waals surface area contributed by atoms with Crippen molar-refractivity contribution < 1.29 is 9.59 Å². The predicted octanol–water partition coefficient (Wildman–Crippen LogP) is 1.66. The number of pyridine rings is 1. The summed E-state index contributed by atoms with van der Waals surface area (Å²) in [6.45, 7) is 2.45. The zero-order valence-corrected chi connectivity index (χ0v) is 14.6. The van der Waals surface area contributed by atoms with Crippen LogP contribution < -0.4 is 10.2 Å². The molecule has 2 fully saturated rings. The van der Waals surface area contributed by atoms with Gasteiger partial charge in [-0.15, -0.1) is 0 Å². The van der Waals surface area contributed by atoms with Crippen LogP contribution in [0, 0.1) is 0 Å². The Labute approximate surface area is 155 Å². The van der Waals surface area contributed by atoms with Crippen LogP contribution in [0.25, 0.3) is 10.8 Å². The van der Waals surface area contributed by atoms with E-state index in [-0.39, 0.29) is 18.0 Å². The smallest absolute Gasteiger partial charge is 0.322 e. The van der Waals surface area contributed by atoms with Crippen LogP contribution in [0.3, 0.4) is 0 Å². The van der Waals surface area contributed by atoms with E-state index in [1.807, 2.05) is 41.2 Å². The molecule has 0 saturated carbocycles. The second-order valence-corrected chi connectivity index (χ2v) is 6.81. The quantitative estimate of drug-likeness (QED) is 0.768. The van der Waals surface area contributed by atoms with Gasteiger partial charge in [-0.05, 0) is 11.5 Å². The van der Waals surface area contributed by atoms with E-state index in [9.17, 15) is 9.59 Å². The molecule has 1 aromatic carbocycles. The van der Waals surface area contributed by atoms with Crippen LogP contribution in [0.15, 0.2) is 48.9 Å². The van der Waals surface area contributed by atoms with Gasteiger partial charge >= 0.3 is 6.03 Å². The third kappa shape index (κ3) is 2.61. The average Bonchev–Trinajstić information content (AvgIpc) is 3.29. The van der Waals surface area contributed by atoms with E-state index in [0.29, 0.717) is 31.9 Å². The molecular weight excluding hydrogens is 344 g/mol. The number of carbonyl (C=O) groups is 2. The summed E-state index contributed by atoms with van der Waals surface area (Å²) in [5.41, 5.74) is 1.27. The zero-order valence-electron chi connectivity index (χ0n) is 14.6. The van der Waals surface area contributed by atoms with Crippen molar-refractivity contribution in [3.63, 3.8) is 0 Å². The van der Waals surface area contributed by atoms with E-state index in [4.69, 9.17) is 0 Å². The van der Waals surface area contributed by atoms with E-state index in [0.717, 1.165) is 16.5 Å². The molecule has 2 aromatic heterocycles. The van der Waals surface area contributed by atoms with E-state index in [1.54, 1.807) is 22.2 Å². The molecule has 4 heterocycles. The molecule has 1 N–H and O–H groups in total. The van der Waals surface area contributed by atoms with Gasteiger partial charge in [-0.2, -0.15) is 5.10 Å². The molecule has 0 bridgehead atoms. The molecule has 5 rings (SSSR count). The SMILES string of the molecule is O=C(c1nccc2ccccc12)N1CC(n2cc(N3CCNC3=O)cn2)C1. The molecule has 8 heteroatoms. The first-order valence-corrected chi connectivity index (χ1v) is 8.93. The van der Waals surface area contributed by atoms with Crippen molar-refractivity contribution in [1.29, 1.82) is 0 Å². The van der Waals surface area contributed by atoms with Crippen molar-refractivity contribution in [1.82, 2.24) is 25.0 Å². The van der Waals surface area contributed by atoms with Gasteiger partial charge in [0, 0.05) is 44.0 Å². The largest absolute Gasteiger partial charge is 0.336 e. The molecular formula is C19H18N6O2. The molecule has 0 aliphatic carbocycles. The lowest BCUT2D eigenvalue weighted by atomic mass is 10.1. The standard InChI is InChI=1S/C19H18N6O2/c26-18(17-16-4-2-1-3-13(16)5-6-20-17)23-10-15(11-23)25-12-14(9-22-25)24-8-7-21-19(24)27/h1-6,9,12,15H,7-8,10-11H2,(H,21,27). The summed E-state index contributed by atoms with van der Waals surface area (Å²) in [4.78, 5) is 32.4. The first-order valence-electron chi connectivity index (χ1n) is 8.93. The highest BCUT2D eigenvalue weighted by Crippen LogP contribution is 2.27.